The summed E-state index contributed by atoms with van der Waals surface area (Å²) in [5.41, 5.74) is 8.35. The topological polar surface area (TPSA) is 57.1 Å². The van der Waals surface area contributed by atoms with Gasteiger partial charge < -0.3 is 9.69 Å². The highest BCUT2D eigenvalue weighted by molar-refractivity contribution is 8.02. The maximum atomic E-state index is 11.2. The smallest absolute Gasteiger partial charge is 0.154 e. The molecule has 2 aliphatic heterocycles. The van der Waals surface area contributed by atoms with Gasteiger partial charge in [-0.15, -0.1) is 11.8 Å². The van der Waals surface area contributed by atoms with Gasteiger partial charge in [-0.3, -0.25) is 10.4 Å². The maximum absolute atomic E-state index is 11.2. The summed E-state index contributed by atoms with van der Waals surface area (Å²) in [5, 5.41) is 5.30. The van der Waals surface area contributed by atoms with E-state index < -0.39 is 0 Å². The molecule has 0 radical (unpaired) electrons. The van der Waals surface area contributed by atoms with Crippen molar-refractivity contribution >= 4 is 58.5 Å². The van der Waals surface area contributed by atoms with Crippen LogP contribution in [0.25, 0.3) is 0 Å². The average molecular weight is 489 g/mol. The van der Waals surface area contributed by atoms with Crippen LogP contribution in [-0.2, 0) is 11.2 Å². The lowest BCUT2D eigenvalue weighted by Gasteiger charge is -2.35. The van der Waals surface area contributed by atoms with Crippen LogP contribution >= 0.6 is 35.0 Å². The summed E-state index contributed by atoms with van der Waals surface area (Å²) >= 11 is 14.0. The first kappa shape index (κ1) is 23.1. The normalized spacial score (nSPS) is 20.3. The molecule has 1 atom stereocenters. The van der Waals surface area contributed by atoms with Crippen LogP contribution < -0.4 is 10.3 Å². The van der Waals surface area contributed by atoms with E-state index in [1.54, 1.807) is 11.8 Å². The van der Waals surface area contributed by atoms with Crippen molar-refractivity contribution in [1.29, 1.82) is 0 Å². The number of carbonyl (C=O) groups excluding carboxylic acids is 1. The van der Waals surface area contributed by atoms with Crippen molar-refractivity contribution < 1.29 is 4.79 Å². The van der Waals surface area contributed by atoms with Crippen LogP contribution in [0.3, 0.4) is 0 Å². The van der Waals surface area contributed by atoms with Crippen LogP contribution in [-0.4, -0.2) is 41.0 Å². The number of hydrogen-bond acceptors (Lipinski definition) is 5. The van der Waals surface area contributed by atoms with Gasteiger partial charge in [0, 0.05) is 24.3 Å². The molecule has 0 fully saturated rings. The molecule has 1 unspecified atom stereocenters. The molecule has 2 aromatic rings. The average Bonchev–Trinajstić information content (AvgIpc) is 2.78. The molecule has 2 heterocycles. The zero-order valence-corrected chi connectivity index (χ0v) is 20.7. The number of amidine groups is 1. The molecule has 0 aliphatic carbocycles. The lowest BCUT2D eigenvalue weighted by molar-refractivity contribution is -0.107. The van der Waals surface area contributed by atoms with Crippen LogP contribution in [0.5, 0.6) is 0 Å². The first-order valence-corrected chi connectivity index (χ1v) is 12.3. The second-order valence-corrected chi connectivity index (χ2v) is 10.9. The fraction of sp³-hybridized carbons (Fsp3) is 0.375. The summed E-state index contributed by atoms with van der Waals surface area (Å²) in [6, 6.07) is 12.2. The number of nitrogens with zero attached hydrogens (tertiary/aromatic N) is 3. The third kappa shape index (κ3) is 4.54. The van der Waals surface area contributed by atoms with Crippen molar-refractivity contribution in [2.45, 2.75) is 43.7 Å². The lowest BCUT2D eigenvalue weighted by Crippen LogP contribution is -2.42. The third-order valence-electron chi connectivity index (χ3n) is 5.63. The zero-order valence-electron chi connectivity index (χ0n) is 18.4. The van der Waals surface area contributed by atoms with Crippen molar-refractivity contribution in [3.8, 4) is 0 Å². The number of hydrogen-bond donors (Lipinski definition) is 1. The molecule has 0 amide bonds. The Hall–Kier alpha value is -2.02. The molecule has 8 heteroatoms. The van der Waals surface area contributed by atoms with Crippen molar-refractivity contribution in [2.75, 3.05) is 18.0 Å². The molecule has 0 saturated heterocycles. The summed E-state index contributed by atoms with van der Waals surface area (Å²) in [7, 11) is 0. The zero-order chi connectivity index (χ0) is 22.9. The van der Waals surface area contributed by atoms with Crippen molar-refractivity contribution in [3.63, 3.8) is 0 Å². The quantitative estimate of drug-likeness (QED) is 0.347. The number of nitrogens with one attached hydrogen (secondary N) is 1. The monoisotopic (exact) mass is 488 g/mol. The van der Waals surface area contributed by atoms with E-state index in [4.69, 9.17) is 28.2 Å². The van der Waals surface area contributed by atoms with Gasteiger partial charge in [-0.25, -0.2) is 0 Å². The van der Waals surface area contributed by atoms with Crippen LogP contribution in [0.2, 0.25) is 10.0 Å². The second kappa shape index (κ2) is 9.46. The summed E-state index contributed by atoms with van der Waals surface area (Å²) in [5.74, 6) is 0.904. The Morgan fingerprint density at radius 3 is 2.78 bits per heavy atom. The van der Waals surface area contributed by atoms with E-state index in [1.165, 1.54) is 5.56 Å². The van der Waals surface area contributed by atoms with E-state index in [1.807, 2.05) is 25.1 Å². The van der Waals surface area contributed by atoms with E-state index in [-0.39, 0.29) is 10.1 Å². The van der Waals surface area contributed by atoms with Crippen LogP contribution in [0.15, 0.2) is 46.5 Å². The predicted molar refractivity (Wildman–Crippen MR) is 137 cm³/mol. The van der Waals surface area contributed by atoms with Crippen molar-refractivity contribution in [3.05, 3.63) is 63.1 Å². The highest BCUT2D eigenvalue weighted by Gasteiger charge is 2.35. The summed E-state index contributed by atoms with van der Waals surface area (Å²) in [6.07, 6.45) is 2.91. The molecule has 4 rings (SSSR count). The Kier molecular flexibility index (Phi) is 6.84. The number of halogens is 2. The van der Waals surface area contributed by atoms with E-state index in [0.29, 0.717) is 16.6 Å². The molecule has 1 N–H and O–H groups in total. The molecule has 0 aromatic heterocycles. The fourth-order valence-corrected chi connectivity index (χ4v) is 5.58. The number of fused-ring (bicyclic) bond motifs is 1. The van der Waals surface area contributed by atoms with Gasteiger partial charge in [0.2, 0.25) is 0 Å². The number of thioether (sulfide) groups is 1. The minimum atomic E-state index is -0.319. The van der Waals surface area contributed by atoms with Gasteiger partial charge in [0.25, 0.3) is 0 Å². The number of aryl methyl sites for hydroxylation is 1. The minimum Gasteiger partial charge on any atom is -0.326 e. The van der Waals surface area contributed by atoms with Gasteiger partial charge in [0.15, 0.2) is 6.29 Å². The SMILES string of the molecule is CCN=C(c1ccc(Cl)c(Cl)c1)N1CCCc2cc(C3=NNC(C=O)SC3(C)C)ccc21. The molecular formula is C24H26Cl2N4OS. The highest BCUT2D eigenvalue weighted by Crippen LogP contribution is 2.37. The molecule has 0 saturated carbocycles. The Morgan fingerprint density at radius 1 is 1.28 bits per heavy atom. The molecule has 2 aromatic carbocycles. The van der Waals surface area contributed by atoms with Gasteiger partial charge in [-0.1, -0.05) is 29.3 Å². The van der Waals surface area contributed by atoms with Crippen molar-refractivity contribution in [1.82, 2.24) is 5.43 Å². The Bertz CT molecular complexity index is 1100. The lowest BCUT2D eigenvalue weighted by atomic mass is 9.93. The summed E-state index contributed by atoms with van der Waals surface area (Å²) in [4.78, 5) is 18.3. The summed E-state index contributed by atoms with van der Waals surface area (Å²) in [6.45, 7) is 7.80. The minimum absolute atomic E-state index is 0.270. The molecule has 5 nitrogen and oxygen atoms in total. The van der Waals surface area contributed by atoms with E-state index in [0.717, 1.165) is 54.0 Å². The van der Waals surface area contributed by atoms with Gasteiger partial charge in [0.1, 0.15) is 11.2 Å². The Balaban J connectivity index is 1.71. The van der Waals surface area contributed by atoms with E-state index in [9.17, 15) is 4.79 Å². The summed E-state index contributed by atoms with van der Waals surface area (Å²) < 4.78 is -0.270. The predicted octanol–water partition coefficient (Wildman–Crippen LogP) is 5.56. The van der Waals surface area contributed by atoms with Crippen molar-refractivity contribution in [2.24, 2.45) is 10.1 Å². The molecule has 0 bridgehead atoms. The van der Waals surface area contributed by atoms with Gasteiger partial charge in [0.05, 0.1) is 20.5 Å². The number of aliphatic imine (C=N–C) groups is 1. The first-order valence-electron chi connectivity index (χ1n) is 10.7. The largest absolute Gasteiger partial charge is 0.326 e. The standard InChI is InChI=1S/C24H26Cl2N4OS/c1-4-27-23(17-7-9-18(25)19(26)13-17)30-11-5-6-15-12-16(8-10-20(15)30)22-24(2,3)32-21(14-31)28-29-22/h7-10,12-14,21,28H,4-6,11H2,1-3H3. The molecule has 32 heavy (non-hydrogen) atoms. The molecule has 168 valence electrons. The van der Waals surface area contributed by atoms with Gasteiger partial charge in [-0.05, 0) is 75.1 Å². The van der Waals surface area contributed by atoms with Crippen LogP contribution in [0.4, 0.5) is 5.69 Å². The number of anilines is 1. The number of rotatable bonds is 4. The number of aldehydes is 1. The van der Waals surface area contributed by atoms with Crippen LogP contribution in [0.1, 0.15) is 43.9 Å². The number of hydrazone groups is 1. The second-order valence-electron chi connectivity index (χ2n) is 8.30. The Labute approximate surface area is 203 Å². The molecule has 2 aliphatic rings. The van der Waals surface area contributed by atoms with Gasteiger partial charge in [-0.2, -0.15) is 5.10 Å². The van der Waals surface area contributed by atoms with E-state index in [2.05, 4.69) is 47.5 Å². The van der Waals surface area contributed by atoms with Crippen LogP contribution in [0, 0.1) is 0 Å². The molecule has 0 spiro atoms. The number of benzene rings is 2. The highest BCUT2D eigenvalue weighted by atomic mass is 35.5. The maximum Gasteiger partial charge on any atom is 0.154 e. The molecular weight excluding hydrogens is 463 g/mol. The Morgan fingerprint density at radius 2 is 2.09 bits per heavy atom. The van der Waals surface area contributed by atoms with Gasteiger partial charge >= 0.3 is 0 Å². The fourth-order valence-electron chi connectivity index (χ4n) is 4.21. The first-order chi connectivity index (χ1) is 15.3. The van der Waals surface area contributed by atoms with E-state index >= 15 is 0 Å². The third-order valence-corrected chi connectivity index (χ3v) is 7.62. The number of carbonyl (C=O) groups is 1.